The second-order valence-corrected chi connectivity index (χ2v) is 4.66. The Morgan fingerprint density at radius 2 is 2.42 bits per heavy atom. The van der Waals surface area contributed by atoms with E-state index in [-0.39, 0.29) is 5.97 Å². The maximum atomic E-state index is 12.1. The average Bonchev–Trinajstić information content (AvgIpc) is 2.97. The van der Waals surface area contributed by atoms with Crippen LogP contribution in [0.4, 0.5) is 0 Å². The lowest BCUT2D eigenvalue weighted by Crippen LogP contribution is -2.44. The number of nitrogens with one attached hydrogen (secondary N) is 1. The molecular weight excluding hydrogens is 246 g/mol. The summed E-state index contributed by atoms with van der Waals surface area (Å²) in [5, 5.41) is 3.92. The van der Waals surface area contributed by atoms with Crippen LogP contribution in [0.3, 0.4) is 0 Å². The molecule has 0 bridgehead atoms. The predicted molar refractivity (Wildman–Crippen MR) is 66.2 cm³/mol. The van der Waals surface area contributed by atoms with Crippen molar-refractivity contribution in [3.05, 3.63) is 24.2 Å². The minimum Gasteiger partial charge on any atom is -0.465 e. The van der Waals surface area contributed by atoms with Gasteiger partial charge in [0.1, 0.15) is 5.41 Å². The zero-order valence-corrected chi connectivity index (χ0v) is 10.7. The summed E-state index contributed by atoms with van der Waals surface area (Å²) in [6, 6.07) is 3.71. The van der Waals surface area contributed by atoms with Crippen molar-refractivity contribution in [2.24, 2.45) is 0 Å². The van der Waals surface area contributed by atoms with E-state index >= 15 is 0 Å². The van der Waals surface area contributed by atoms with Crippen LogP contribution in [0.5, 0.6) is 0 Å². The van der Waals surface area contributed by atoms with E-state index in [0.29, 0.717) is 31.2 Å². The largest absolute Gasteiger partial charge is 0.465 e. The van der Waals surface area contributed by atoms with E-state index in [0.717, 1.165) is 12.1 Å². The Balaban J connectivity index is 1.91. The van der Waals surface area contributed by atoms with Crippen molar-refractivity contribution in [2.45, 2.75) is 31.6 Å². The van der Waals surface area contributed by atoms with E-state index in [4.69, 9.17) is 9.26 Å². The van der Waals surface area contributed by atoms with Gasteiger partial charge in [0.25, 0.3) is 0 Å². The molecule has 0 amide bonds. The molecule has 2 heterocycles. The van der Waals surface area contributed by atoms with Gasteiger partial charge in [-0.1, -0.05) is 11.6 Å². The van der Waals surface area contributed by atoms with Gasteiger partial charge in [0.15, 0.2) is 0 Å². The highest BCUT2D eigenvalue weighted by Crippen LogP contribution is 2.44. The molecule has 0 radical (unpaired) electrons. The Morgan fingerprint density at radius 1 is 1.58 bits per heavy atom. The molecule has 0 atom stereocenters. The molecule has 0 aliphatic heterocycles. The molecule has 0 aromatic carbocycles. The number of H-pyrrole nitrogens is 1. The molecule has 3 rings (SSSR count). The molecule has 100 valence electrons. The summed E-state index contributed by atoms with van der Waals surface area (Å²) in [7, 11) is 0. The molecule has 1 aliphatic carbocycles. The zero-order valence-electron chi connectivity index (χ0n) is 10.7. The van der Waals surface area contributed by atoms with Crippen molar-refractivity contribution < 1.29 is 14.1 Å². The van der Waals surface area contributed by atoms with Crippen molar-refractivity contribution in [3.8, 4) is 11.5 Å². The molecule has 0 saturated heterocycles. The van der Waals surface area contributed by atoms with Crippen molar-refractivity contribution in [3.63, 3.8) is 0 Å². The Bertz CT molecular complexity index is 570. The minimum atomic E-state index is -0.728. The number of hydrogen-bond acceptors (Lipinski definition) is 5. The van der Waals surface area contributed by atoms with Crippen LogP contribution in [0, 0.1) is 0 Å². The second kappa shape index (κ2) is 4.53. The topological polar surface area (TPSA) is 81.0 Å². The number of rotatable bonds is 4. The molecular formula is C13H15N3O3. The molecule has 2 aromatic heterocycles. The average molecular weight is 261 g/mol. The first-order valence-corrected chi connectivity index (χ1v) is 6.41. The SMILES string of the molecule is CCOC(=O)C1(c2nc(-c3ccc[nH]3)no2)CCC1. The number of hydrogen-bond donors (Lipinski definition) is 1. The van der Waals surface area contributed by atoms with Gasteiger partial charge in [0.2, 0.25) is 11.7 Å². The summed E-state index contributed by atoms with van der Waals surface area (Å²) >= 11 is 0. The molecule has 0 spiro atoms. The van der Waals surface area contributed by atoms with Gasteiger partial charge < -0.3 is 14.2 Å². The molecule has 1 aliphatic rings. The number of carbonyl (C=O) groups is 1. The van der Waals surface area contributed by atoms with Gasteiger partial charge >= 0.3 is 5.97 Å². The summed E-state index contributed by atoms with van der Waals surface area (Å²) < 4.78 is 10.4. The fraction of sp³-hybridized carbons (Fsp3) is 0.462. The Labute approximate surface area is 110 Å². The molecule has 2 aromatic rings. The van der Waals surface area contributed by atoms with Gasteiger partial charge in [-0.3, -0.25) is 4.79 Å². The summed E-state index contributed by atoms with van der Waals surface area (Å²) in [6.45, 7) is 2.15. The number of esters is 1. The Hall–Kier alpha value is -2.11. The van der Waals surface area contributed by atoms with Crippen molar-refractivity contribution in [1.82, 2.24) is 15.1 Å². The lowest BCUT2D eigenvalue weighted by Gasteiger charge is -2.35. The molecule has 1 N–H and O–H groups in total. The van der Waals surface area contributed by atoms with Crippen LogP contribution in [0.2, 0.25) is 0 Å². The standard InChI is InChI=1S/C13H15N3O3/c1-2-18-12(17)13(6-4-7-13)11-15-10(16-19-11)9-5-3-8-14-9/h3,5,8,14H,2,4,6-7H2,1H3. The fourth-order valence-electron chi connectivity index (χ4n) is 2.30. The molecule has 0 unspecified atom stereocenters. The van der Waals surface area contributed by atoms with Crippen LogP contribution in [0.15, 0.2) is 22.9 Å². The number of aromatic nitrogens is 3. The third-order valence-electron chi connectivity index (χ3n) is 3.55. The highest BCUT2D eigenvalue weighted by Gasteiger charge is 2.52. The van der Waals surface area contributed by atoms with Crippen LogP contribution in [-0.2, 0) is 14.9 Å². The van der Waals surface area contributed by atoms with Crippen molar-refractivity contribution in [2.75, 3.05) is 6.61 Å². The lowest BCUT2D eigenvalue weighted by atomic mass is 9.68. The van der Waals surface area contributed by atoms with E-state index in [2.05, 4.69) is 15.1 Å². The van der Waals surface area contributed by atoms with E-state index in [9.17, 15) is 4.79 Å². The van der Waals surface area contributed by atoms with Crippen molar-refractivity contribution >= 4 is 5.97 Å². The first-order chi connectivity index (χ1) is 9.26. The lowest BCUT2D eigenvalue weighted by molar-refractivity contribution is -0.155. The van der Waals surface area contributed by atoms with Gasteiger partial charge in [-0.15, -0.1) is 0 Å². The van der Waals surface area contributed by atoms with Crippen LogP contribution in [0.25, 0.3) is 11.5 Å². The normalized spacial score (nSPS) is 16.9. The van der Waals surface area contributed by atoms with E-state index in [1.807, 2.05) is 12.1 Å². The highest BCUT2D eigenvalue weighted by atomic mass is 16.5. The fourth-order valence-corrected chi connectivity index (χ4v) is 2.30. The maximum absolute atomic E-state index is 12.1. The second-order valence-electron chi connectivity index (χ2n) is 4.66. The monoisotopic (exact) mass is 261 g/mol. The van der Waals surface area contributed by atoms with Crippen LogP contribution < -0.4 is 0 Å². The van der Waals surface area contributed by atoms with Gasteiger partial charge in [-0.2, -0.15) is 4.98 Å². The van der Waals surface area contributed by atoms with E-state index in [1.165, 1.54) is 0 Å². The highest BCUT2D eigenvalue weighted by molar-refractivity contribution is 5.83. The molecule has 1 saturated carbocycles. The first-order valence-electron chi connectivity index (χ1n) is 6.41. The Kier molecular flexibility index (Phi) is 2.85. The van der Waals surface area contributed by atoms with Gasteiger partial charge in [0, 0.05) is 6.20 Å². The number of nitrogens with zero attached hydrogens (tertiary/aromatic N) is 2. The molecule has 6 nitrogen and oxygen atoms in total. The Morgan fingerprint density at radius 3 is 3.00 bits per heavy atom. The van der Waals surface area contributed by atoms with Gasteiger partial charge in [0.05, 0.1) is 12.3 Å². The first kappa shape index (κ1) is 12.0. The van der Waals surface area contributed by atoms with Crippen LogP contribution in [-0.4, -0.2) is 27.7 Å². The summed E-state index contributed by atoms with van der Waals surface area (Å²) in [4.78, 5) is 19.4. The predicted octanol–water partition coefficient (Wildman–Crippen LogP) is 2.05. The number of ether oxygens (including phenoxy) is 1. The maximum Gasteiger partial charge on any atom is 0.321 e. The summed E-state index contributed by atoms with van der Waals surface area (Å²) in [5.41, 5.74) is 0.0433. The molecule has 1 fully saturated rings. The third-order valence-corrected chi connectivity index (χ3v) is 3.55. The third kappa shape index (κ3) is 1.83. The number of carbonyl (C=O) groups excluding carboxylic acids is 1. The zero-order chi connectivity index (χ0) is 13.3. The molecule has 19 heavy (non-hydrogen) atoms. The van der Waals surface area contributed by atoms with Gasteiger partial charge in [-0.25, -0.2) is 0 Å². The summed E-state index contributed by atoms with van der Waals surface area (Å²) in [6.07, 6.45) is 4.17. The van der Waals surface area contributed by atoms with Crippen LogP contribution in [0.1, 0.15) is 32.1 Å². The van der Waals surface area contributed by atoms with E-state index in [1.54, 1.807) is 13.1 Å². The van der Waals surface area contributed by atoms with E-state index < -0.39 is 5.41 Å². The van der Waals surface area contributed by atoms with Crippen LogP contribution >= 0.6 is 0 Å². The van der Waals surface area contributed by atoms with Crippen molar-refractivity contribution in [1.29, 1.82) is 0 Å². The smallest absolute Gasteiger partial charge is 0.321 e. The minimum absolute atomic E-state index is 0.261. The quantitative estimate of drug-likeness (QED) is 0.852. The molecule has 6 heteroatoms. The number of aromatic amines is 1. The van der Waals surface area contributed by atoms with Gasteiger partial charge in [-0.05, 0) is 31.9 Å². The summed E-state index contributed by atoms with van der Waals surface area (Å²) in [5.74, 6) is 0.570.